The number of carbonyl (C=O) groups is 1. The Hall–Kier alpha value is -1.94. The minimum absolute atomic E-state index is 0.0419. The third-order valence-corrected chi connectivity index (χ3v) is 3.15. The van der Waals surface area contributed by atoms with Crippen LogP contribution in [0.1, 0.15) is 31.1 Å². The van der Waals surface area contributed by atoms with Crippen molar-refractivity contribution in [1.29, 1.82) is 5.26 Å². The second-order valence-corrected chi connectivity index (χ2v) is 4.81. The molecule has 1 aromatic carbocycles. The van der Waals surface area contributed by atoms with Crippen molar-refractivity contribution in [3.63, 3.8) is 0 Å². The zero-order valence-electron chi connectivity index (χ0n) is 11.1. The van der Waals surface area contributed by atoms with E-state index in [1.807, 2.05) is 13.8 Å². The lowest BCUT2D eigenvalue weighted by molar-refractivity contribution is -0.991. The molecule has 1 amide bonds. The molecule has 0 aliphatic heterocycles. The highest BCUT2D eigenvalue weighted by molar-refractivity contribution is 5.95. The highest BCUT2D eigenvalue weighted by atomic mass is 16.8. The maximum Gasteiger partial charge on any atom is 0.252 e. The lowest BCUT2D eigenvalue weighted by atomic mass is 9.90. The molecule has 2 atom stereocenters. The van der Waals surface area contributed by atoms with E-state index in [2.05, 4.69) is 11.4 Å². The van der Waals surface area contributed by atoms with E-state index in [0.29, 0.717) is 5.56 Å². The monoisotopic (exact) mass is 263 g/mol. The molecule has 2 unspecified atom stereocenters. The molecule has 0 saturated heterocycles. The van der Waals surface area contributed by atoms with E-state index in [0.717, 1.165) is 0 Å². The van der Waals surface area contributed by atoms with Gasteiger partial charge in [0, 0.05) is 17.7 Å². The summed E-state index contributed by atoms with van der Waals surface area (Å²) in [4.78, 5) is 12.0. The number of nitriles is 1. The van der Waals surface area contributed by atoms with Gasteiger partial charge in [-0.3, -0.25) is 4.79 Å². The average molecular weight is 263 g/mol. The summed E-state index contributed by atoms with van der Waals surface area (Å²) in [5, 5.41) is 30.2. The summed E-state index contributed by atoms with van der Waals surface area (Å²) in [7, 11) is 0. The Morgan fingerprint density at radius 2 is 2.00 bits per heavy atom. The predicted octanol–water partition coefficient (Wildman–Crippen LogP) is 0.758. The molecule has 0 fully saturated rings. The highest BCUT2D eigenvalue weighted by Gasteiger charge is 2.30. The van der Waals surface area contributed by atoms with E-state index in [9.17, 15) is 10.0 Å². The van der Waals surface area contributed by atoms with Crippen LogP contribution >= 0.6 is 0 Å². The summed E-state index contributed by atoms with van der Waals surface area (Å²) in [5.41, 5.74) is -0.515. The molecule has 0 heterocycles. The first-order valence-corrected chi connectivity index (χ1v) is 5.87. The first-order chi connectivity index (χ1) is 8.80. The molecule has 0 aromatic heterocycles. The van der Waals surface area contributed by atoms with Crippen LogP contribution in [0.2, 0.25) is 0 Å². The zero-order chi connectivity index (χ0) is 14.6. The molecule has 0 bridgehead atoms. The van der Waals surface area contributed by atoms with E-state index in [1.54, 1.807) is 6.92 Å². The smallest absolute Gasteiger partial charge is 0.252 e. The van der Waals surface area contributed by atoms with Gasteiger partial charge in [0.05, 0.1) is 6.07 Å². The number of rotatable bonds is 4. The molecule has 0 saturated carbocycles. The van der Waals surface area contributed by atoms with Crippen LogP contribution in [0.5, 0.6) is 0 Å². The molecular weight excluding hydrogens is 246 g/mol. The Labute approximate surface area is 111 Å². The molecule has 19 heavy (non-hydrogen) atoms. The van der Waals surface area contributed by atoms with Crippen molar-refractivity contribution in [3.05, 3.63) is 35.0 Å². The summed E-state index contributed by atoms with van der Waals surface area (Å²) in [5.74, 6) is -0.436. The Balaban J connectivity index is 2.87. The maximum absolute atomic E-state index is 12.0. The summed E-state index contributed by atoms with van der Waals surface area (Å²) < 4.78 is 0. The number of carbonyl (C=O) groups excluding carboxylic acids is 1. The van der Waals surface area contributed by atoms with Crippen LogP contribution in [0.4, 0.5) is 5.69 Å². The Bertz CT molecular complexity index is 491. The Morgan fingerprint density at radius 3 is 2.37 bits per heavy atom. The number of benzene rings is 1. The normalized spacial score (nSPS) is 15.4. The van der Waals surface area contributed by atoms with Crippen molar-refractivity contribution in [1.82, 2.24) is 5.32 Å². The van der Waals surface area contributed by atoms with Gasteiger partial charge in [-0.05, 0) is 25.0 Å². The first-order valence-electron chi connectivity index (χ1n) is 5.87. The SMILES string of the molecule is CC(C)C(C)(C#N)NC(=O)c1ccc([NH+]([O-])O)cc1. The van der Waals surface area contributed by atoms with Gasteiger partial charge in [0.2, 0.25) is 0 Å². The van der Waals surface area contributed by atoms with Gasteiger partial charge in [0.25, 0.3) is 5.91 Å². The molecule has 6 nitrogen and oxygen atoms in total. The van der Waals surface area contributed by atoms with Gasteiger partial charge in [0.1, 0.15) is 5.54 Å². The molecule has 0 aliphatic carbocycles. The minimum atomic E-state index is -1.05. The number of amides is 1. The summed E-state index contributed by atoms with van der Waals surface area (Å²) in [6, 6.07) is 7.65. The zero-order valence-corrected chi connectivity index (χ0v) is 11.1. The Kier molecular flexibility index (Phi) is 4.62. The predicted molar refractivity (Wildman–Crippen MR) is 68.5 cm³/mol. The van der Waals surface area contributed by atoms with Crippen LogP contribution in [0.3, 0.4) is 0 Å². The van der Waals surface area contributed by atoms with Crippen LogP contribution in [0.25, 0.3) is 0 Å². The van der Waals surface area contributed by atoms with Gasteiger partial charge in [-0.1, -0.05) is 13.8 Å². The lowest BCUT2D eigenvalue weighted by Gasteiger charge is -2.27. The number of hydrogen-bond acceptors (Lipinski definition) is 4. The summed E-state index contributed by atoms with van der Waals surface area (Å²) >= 11 is 0. The molecule has 6 heteroatoms. The fourth-order valence-electron chi connectivity index (χ4n) is 1.37. The van der Waals surface area contributed by atoms with Crippen molar-refractivity contribution in [3.8, 4) is 6.07 Å². The van der Waals surface area contributed by atoms with E-state index >= 15 is 0 Å². The van der Waals surface area contributed by atoms with Crippen molar-refractivity contribution in [2.24, 2.45) is 5.92 Å². The van der Waals surface area contributed by atoms with Gasteiger partial charge in [-0.15, -0.1) is 0 Å². The van der Waals surface area contributed by atoms with E-state index < -0.39 is 16.7 Å². The van der Waals surface area contributed by atoms with Gasteiger partial charge in [-0.25, -0.2) is 5.21 Å². The average Bonchev–Trinajstić information content (AvgIpc) is 2.38. The van der Waals surface area contributed by atoms with E-state index in [1.165, 1.54) is 24.3 Å². The molecule has 1 rings (SSSR count). The third-order valence-electron chi connectivity index (χ3n) is 3.15. The number of hydrogen-bond donors (Lipinski definition) is 3. The van der Waals surface area contributed by atoms with E-state index in [-0.39, 0.29) is 11.6 Å². The second kappa shape index (κ2) is 5.80. The molecule has 0 aliphatic rings. The van der Waals surface area contributed by atoms with Crippen molar-refractivity contribution in [2.75, 3.05) is 0 Å². The topological polar surface area (TPSA) is 101 Å². The quantitative estimate of drug-likeness (QED) is 0.698. The highest BCUT2D eigenvalue weighted by Crippen LogP contribution is 2.16. The number of quaternary nitrogens is 1. The van der Waals surface area contributed by atoms with Gasteiger partial charge >= 0.3 is 0 Å². The van der Waals surface area contributed by atoms with Gasteiger partial charge in [-0.2, -0.15) is 10.5 Å². The van der Waals surface area contributed by atoms with Crippen LogP contribution in [0.15, 0.2) is 24.3 Å². The van der Waals surface area contributed by atoms with Crippen LogP contribution in [0, 0.1) is 22.5 Å². The number of nitrogens with zero attached hydrogens (tertiary/aromatic N) is 1. The van der Waals surface area contributed by atoms with Crippen molar-refractivity contribution < 1.29 is 15.2 Å². The minimum Gasteiger partial charge on any atom is -0.595 e. The maximum atomic E-state index is 12.0. The van der Waals surface area contributed by atoms with Gasteiger partial charge in [0.15, 0.2) is 5.69 Å². The van der Waals surface area contributed by atoms with Crippen molar-refractivity contribution >= 4 is 11.6 Å². The van der Waals surface area contributed by atoms with Crippen LogP contribution in [-0.2, 0) is 0 Å². The number of nitrogens with one attached hydrogen (secondary N) is 2. The largest absolute Gasteiger partial charge is 0.595 e. The molecule has 0 radical (unpaired) electrons. The summed E-state index contributed by atoms with van der Waals surface area (Å²) in [6.45, 7) is 5.34. The third kappa shape index (κ3) is 3.51. The van der Waals surface area contributed by atoms with Crippen LogP contribution in [-0.4, -0.2) is 16.7 Å². The Morgan fingerprint density at radius 1 is 1.47 bits per heavy atom. The summed E-state index contributed by atoms with van der Waals surface area (Å²) in [6.07, 6.45) is 0. The first kappa shape index (κ1) is 15.1. The standard InChI is InChI=1S/C13H17N3O3/c1-9(2)13(3,8-14)15-12(17)10-4-6-11(7-5-10)16(18)19/h4-7,9,16,18H,1-3H3,(H,15,17). The molecule has 3 N–H and O–H groups in total. The lowest BCUT2D eigenvalue weighted by Crippen LogP contribution is -2.99. The molecule has 102 valence electrons. The molecular formula is C13H17N3O3. The van der Waals surface area contributed by atoms with Crippen LogP contribution < -0.4 is 10.5 Å². The fourth-order valence-corrected chi connectivity index (χ4v) is 1.37. The van der Waals surface area contributed by atoms with Gasteiger partial charge < -0.3 is 10.5 Å². The van der Waals surface area contributed by atoms with E-state index in [4.69, 9.17) is 10.5 Å². The molecule has 1 aromatic rings. The van der Waals surface area contributed by atoms with Crippen molar-refractivity contribution in [2.45, 2.75) is 26.3 Å². The second-order valence-electron chi connectivity index (χ2n) is 4.81. The fraction of sp³-hybridized carbons (Fsp3) is 0.385. The molecule has 0 spiro atoms.